The zero-order chi connectivity index (χ0) is 60.9. The zero-order valence-electron chi connectivity index (χ0n) is 49.8. The molecule has 3 aliphatic rings. The summed E-state index contributed by atoms with van der Waals surface area (Å²) in [5, 5.41) is 15.3. The summed E-state index contributed by atoms with van der Waals surface area (Å²) in [4.78, 5) is 26.9. The fourth-order valence-corrected chi connectivity index (χ4v) is 11.2. The third-order valence-corrected chi connectivity index (χ3v) is 15.5. The van der Waals surface area contributed by atoms with Crippen LogP contribution in [0.2, 0.25) is 0 Å². The van der Waals surface area contributed by atoms with Crippen molar-refractivity contribution in [3.8, 4) is 0 Å². The molecular formula is C71H79NO16. The lowest BCUT2D eigenvalue weighted by molar-refractivity contribution is -0.388. The molecule has 7 aromatic carbocycles. The van der Waals surface area contributed by atoms with Gasteiger partial charge in [0.2, 0.25) is 5.91 Å². The van der Waals surface area contributed by atoms with Crippen LogP contribution in [-0.2, 0) is 117 Å². The highest BCUT2D eigenvalue weighted by Crippen LogP contribution is 2.38. The van der Waals surface area contributed by atoms with Gasteiger partial charge in [-0.25, -0.2) is 0 Å². The maximum absolute atomic E-state index is 13.6. The Morgan fingerprint density at radius 1 is 0.386 bits per heavy atom. The average Bonchev–Trinajstić information content (AvgIpc) is 1.12. The van der Waals surface area contributed by atoms with E-state index in [-0.39, 0.29) is 59.5 Å². The Labute approximate surface area is 514 Å². The standard InChI is InChI=1S/C71H79NO16/c1-48-61(78-41-53-29-15-6-16-30-53)65(80-43-55-33-19-8-20-34-55)67(69(75)83-48)88-71-68(82-45-57-37-23-10-24-38-57)66(81-44-56-35-21-9-22-36-56)63(59(86-71)47-77-40-52-27-13-5-14-28-52)87-70-60(72-49(2)73)64(79-42-54-31-17-7-18-32-54)62(84-50(3)74)58(85-70)46-76-39-51-25-11-4-12-26-51/h4-38,48,58-71,75H,39-47H2,1-3H3,(H,72,73)/t48-,58+,59+,60-,61-,62+,63+,64+,65-,66-,67+,68+,69+,70-,71+/m0/s1. The third-order valence-electron chi connectivity index (χ3n) is 15.5. The van der Waals surface area contributed by atoms with Crippen molar-refractivity contribution in [3.05, 3.63) is 251 Å². The molecule has 0 bridgehead atoms. The maximum Gasteiger partial charge on any atom is 0.303 e. The second kappa shape index (κ2) is 33.0. The normalized spacial score (nSPS) is 27.1. The van der Waals surface area contributed by atoms with Gasteiger partial charge in [-0.1, -0.05) is 212 Å². The number of esters is 1. The van der Waals surface area contributed by atoms with Crippen molar-refractivity contribution in [3.63, 3.8) is 0 Å². The van der Waals surface area contributed by atoms with Crippen LogP contribution in [0.5, 0.6) is 0 Å². The summed E-state index contributed by atoms with van der Waals surface area (Å²) in [6.07, 6.45) is -15.7. The summed E-state index contributed by atoms with van der Waals surface area (Å²) in [6, 6.07) is 66.6. The van der Waals surface area contributed by atoms with Crippen LogP contribution in [0.4, 0.5) is 0 Å². The smallest absolute Gasteiger partial charge is 0.303 e. The minimum absolute atomic E-state index is 0.0497. The van der Waals surface area contributed by atoms with E-state index in [0.29, 0.717) is 0 Å². The van der Waals surface area contributed by atoms with E-state index in [0.717, 1.165) is 38.9 Å². The van der Waals surface area contributed by atoms with Gasteiger partial charge in [-0.15, -0.1) is 0 Å². The summed E-state index contributed by atoms with van der Waals surface area (Å²) in [5.41, 5.74) is 6.11. The molecule has 1 amide bonds. The summed E-state index contributed by atoms with van der Waals surface area (Å²) in [5.74, 6) is -1.04. The minimum atomic E-state index is -1.55. The van der Waals surface area contributed by atoms with Crippen molar-refractivity contribution in [2.24, 2.45) is 0 Å². The Morgan fingerprint density at radius 2 is 0.716 bits per heavy atom. The third kappa shape index (κ3) is 18.3. The van der Waals surface area contributed by atoms with Gasteiger partial charge in [0, 0.05) is 13.8 Å². The summed E-state index contributed by atoms with van der Waals surface area (Å²) in [7, 11) is 0. The fraction of sp³-hybridized carbons (Fsp3) is 0.380. The van der Waals surface area contributed by atoms with Crippen molar-refractivity contribution < 1.29 is 76.3 Å². The van der Waals surface area contributed by atoms with Gasteiger partial charge in [0.25, 0.3) is 0 Å². The molecule has 0 aromatic heterocycles. The van der Waals surface area contributed by atoms with E-state index in [1.54, 1.807) is 0 Å². The van der Waals surface area contributed by atoms with Crippen molar-refractivity contribution in [1.82, 2.24) is 5.32 Å². The number of hydrogen-bond donors (Lipinski definition) is 2. The van der Waals surface area contributed by atoms with Crippen LogP contribution < -0.4 is 5.32 Å². The molecule has 17 nitrogen and oxygen atoms in total. The topological polar surface area (TPSA) is 186 Å². The van der Waals surface area contributed by atoms with Gasteiger partial charge in [-0.2, -0.15) is 0 Å². The van der Waals surface area contributed by atoms with Crippen LogP contribution in [0, 0.1) is 0 Å². The van der Waals surface area contributed by atoms with Crippen LogP contribution in [0.25, 0.3) is 0 Å². The van der Waals surface area contributed by atoms with E-state index in [1.807, 2.05) is 219 Å². The second-order valence-corrected chi connectivity index (χ2v) is 22.1. The van der Waals surface area contributed by atoms with E-state index in [2.05, 4.69) is 5.32 Å². The molecule has 3 fully saturated rings. The first-order valence-electron chi connectivity index (χ1n) is 30.0. The number of nitrogens with one attached hydrogen (secondary N) is 1. The van der Waals surface area contributed by atoms with Crippen molar-refractivity contribution in [2.75, 3.05) is 13.2 Å². The number of hydrogen-bond acceptors (Lipinski definition) is 16. The number of benzene rings is 7. The molecule has 0 unspecified atom stereocenters. The molecule has 0 aliphatic carbocycles. The number of aliphatic hydroxyl groups is 1. The predicted molar refractivity (Wildman–Crippen MR) is 324 cm³/mol. The van der Waals surface area contributed by atoms with Crippen LogP contribution in [0.15, 0.2) is 212 Å². The molecule has 3 saturated heterocycles. The fourth-order valence-electron chi connectivity index (χ4n) is 11.2. The Balaban J connectivity index is 1.06. The zero-order valence-corrected chi connectivity index (χ0v) is 49.8. The molecular weight excluding hydrogens is 1120 g/mol. The summed E-state index contributed by atoms with van der Waals surface area (Å²) < 4.78 is 89.1. The molecule has 3 heterocycles. The number of aliphatic hydroxyl groups excluding tert-OH is 1. The van der Waals surface area contributed by atoms with Crippen molar-refractivity contribution in [2.45, 2.75) is 159 Å². The summed E-state index contributed by atoms with van der Waals surface area (Å²) >= 11 is 0. The molecule has 7 aromatic rings. The molecule has 10 rings (SSSR count). The second-order valence-electron chi connectivity index (χ2n) is 22.1. The number of amides is 1. The lowest BCUT2D eigenvalue weighted by atomic mass is 9.94. The first-order chi connectivity index (χ1) is 43.1. The summed E-state index contributed by atoms with van der Waals surface area (Å²) in [6.45, 7) is 5.24. The number of rotatable bonds is 29. The average molecular weight is 1200 g/mol. The Bertz CT molecular complexity index is 3120. The number of carbonyl (C=O) groups is 2. The first-order valence-corrected chi connectivity index (χ1v) is 30.0. The Hall–Kier alpha value is -7.04. The van der Waals surface area contributed by atoms with Gasteiger partial charge >= 0.3 is 5.97 Å². The molecule has 88 heavy (non-hydrogen) atoms. The Morgan fingerprint density at radius 3 is 1.11 bits per heavy atom. The van der Waals surface area contributed by atoms with Gasteiger partial charge in [-0.3, -0.25) is 9.59 Å². The van der Waals surface area contributed by atoms with Gasteiger partial charge in [-0.05, 0) is 45.9 Å². The van der Waals surface area contributed by atoms with Crippen molar-refractivity contribution in [1.29, 1.82) is 0 Å². The van der Waals surface area contributed by atoms with E-state index >= 15 is 0 Å². The largest absolute Gasteiger partial charge is 0.457 e. The van der Waals surface area contributed by atoms with Crippen molar-refractivity contribution >= 4 is 11.9 Å². The van der Waals surface area contributed by atoms with Gasteiger partial charge < -0.3 is 72.0 Å². The molecule has 0 saturated carbocycles. The monoisotopic (exact) mass is 1200 g/mol. The molecule has 17 heteroatoms. The number of ether oxygens (including phenoxy) is 13. The number of carbonyl (C=O) groups excluding carboxylic acids is 2. The van der Waals surface area contributed by atoms with Crippen LogP contribution in [0.1, 0.15) is 59.7 Å². The maximum atomic E-state index is 13.6. The minimum Gasteiger partial charge on any atom is -0.457 e. The molecule has 2 N–H and O–H groups in total. The van der Waals surface area contributed by atoms with E-state index < -0.39 is 104 Å². The highest BCUT2D eigenvalue weighted by Gasteiger charge is 2.57. The Kier molecular flexibility index (Phi) is 24.0. The van der Waals surface area contributed by atoms with Gasteiger partial charge in [0.1, 0.15) is 61.0 Å². The van der Waals surface area contributed by atoms with E-state index in [1.165, 1.54) is 13.8 Å². The lowest BCUT2D eigenvalue weighted by Gasteiger charge is -2.51. The van der Waals surface area contributed by atoms with E-state index in [9.17, 15) is 14.7 Å². The molecule has 464 valence electrons. The van der Waals surface area contributed by atoms with Gasteiger partial charge in [0.05, 0.1) is 65.6 Å². The SMILES string of the molecule is CC(=O)N[C@@H]1[C@H](O[C@H]2[C@H](OCc3ccccc3)[C@@H](OCc3ccccc3)[C@@H](O[C@@H]3[C@@H](OCc4ccccc4)[C@@H](OCc4ccccc4)[C@H](C)O[C@H]3O)O[C@@H]2COCc2ccccc2)O[C@H](COCc2ccccc2)[C@@H](OC(C)=O)[C@@H]1OCc1ccccc1. The predicted octanol–water partition coefficient (Wildman–Crippen LogP) is 9.74. The first kappa shape index (κ1) is 64.0. The molecule has 15 atom stereocenters. The molecule has 0 radical (unpaired) electrons. The van der Waals surface area contributed by atoms with E-state index in [4.69, 9.17) is 61.6 Å². The van der Waals surface area contributed by atoms with Crippen LogP contribution in [-0.4, -0.2) is 122 Å². The lowest BCUT2D eigenvalue weighted by Crippen LogP contribution is -2.69. The molecule has 0 spiro atoms. The highest BCUT2D eigenvalue weighted by atomic mass is 16.8. The van der Waals surface area contributed by atoms with Crippen LogP contribution >= 0.6 is 0 Å². The van der Waals surface area contributed by atoms with Crippen LogP contribution in [0.3, 0.4) is 0 Å². The highest BCUT2D eigenvalue weighted by molar-refractivity contribution is 5.73. The molecule has 3 aliphatic heterocycles. The quantitative estimate of drug-likeness (QED) is 0.0422. The van der Waals surface area contributed by atoms with Gasteiger partial charge in [0.15, 0.2) is 25.0 Å².